The second kappa shape index (κ2) is 8.99. The van der Waals surface area contributed by atoms with Gasteiger partial charge in [-0.15, -0.1) is 0 Å². The van der Waals surface area contributed by atoms with Gasteiger partial charge in [-0.2, -0.15) is 0 Å². The molecule has 0 aromatic heterocycles. The third-order valence-electron chi connectivity index (χ3n) is 5.20. The van der Waals surface area contributed by atoms with Gasteiger partial charge in [0.05, 0.1) is 0 Å². The second-order valence-corrected chi connectivity index (χ2v) is 7.92. The van der Waals surface area contributed by atoms with Gasteiger partial charge in [-0.3, -0.25) is 4.79 Å². The summed E-state index contributed by atoms with van der Waals surface area (Å²) in [5, 5.41) is 5.88. The lowest BCUT2D eigenvalue weighted by molar-refractivity contribution is -0.118. The standard InChI is InChI=1S/C23H30N4O2/c1-16(2)22(28)24-19-9-8-18(4)21(15-19)25-23(29)27-12-10-26(11-13-27)20-7-5-6-17(3)14-20/h5-9,14-16H,10-13H2,1-4H3,(H,24,28)(H,25,29). The second-order valence-electron chi connectivity index (χ2n) is 7.92. The molecule has 3 rings (SSSR count). The van der Waals surface area contributed by atoms with Crippen LogP contribution in [0.5, 0.6) is 0 Å². The quantitative estimate of drug-likeness (QED) is 0.815. The van der Waals surface area contributed by atoms with Gasteiger partial charge >= 0.3 is 6.03 Å². The number of urea groups is 1. The Morgan fingerprint density at radius 2 is 1.66 bits per heavy atom. The van der Waals surface area contributed by atoms with Crippen molar-refractivity contribution in [2.24, 2.45) is 5.92 Å². The van der Waals surface area contributed by atoms with Crippen molar-refractivity contribution in [3.63, 3.8) is 0 Å². The lowest BCUT2D eigenvalue weighted by Gasteiger charge is -2.36. The Balaban J connectivity index is 1.60. The molecule has 0 radical (unpaired) electrons. The number of rotatable bonds is 4. The third-order valence-corrected chi connectivity index (χ3v) is 5.20. The van der Waals surface area contributed by atoms with Gasteiger partial charge in [0.2, 0.25) is 5.91 Å². The molecule has 29 heavy (non-hydrogen) atoms. The van der Waals surface area contributed by atoms with Crippen molar-refractivity contribution in [1.82, 2.24) is 4.90 Å². The maximum absolute atomic E-state index is 12.8. The van der Waals surface area contributed by atoms with Gasteiger partial charge < -0.3 is 20.4 Å². The summed E-state index contributed by atoms with van der Waals surface area (Å²) in [4.78, 5) is 28.9. The Labute approximate surface area is 172 Å². The minimum atomic E-state index is -0.107. The van der Waals surface area contributed by atoms with Gasteiger partial charge in [0.1, 0.15) is 0 Å². The lowest BCUT2D eigenvalue weighted by Crippen LogP contribution is -2.50. The number of anilines is 3. The molecule has 1 saturated heterocycles. The molecule has 0 bridgehead atoms. The Bertz CT molecular complexity index is 886. The summed E-state index contributed by atoms with van der Waals surface area (Å²) in [6.07, 6.45) is 0. The first-order valence-corrected chi connectivity index (χ1v) is 10.1. The largest absolute Gasteiger partial charge is 0.368 e. The van der Waals surface area contributed by atoms with E-state index in [4.69, 9.17) is 0 Å². The molecule has 3 amide bonds. The fourth-order valence-electron chi connectivity index (χ4n) is 3.31. The predicted octanol–water partition coefficient (Wildman–Crippen LogP) is 4.25. The van der Waals surface area contributed by atoms with Crippen LogP contribution in [0.4, 0.5) is 21.9 Å². The first kappa shape index (κ1) is 20.7. The maximum atomic E-state index is 12.8. The molecular formula is C23H30N4O2. The van der Waals surface area contributed by atoms with E-state index in [1.165, 1.54) is 11.3 Å². The Morgan fingerprint density at radius 3 is 2.31 bits per heavy atom. The van der Waals surface area contributed by atoms with Crippen LogP contribution in [-0.2, 0) is 4.79 Å². The number of benzene rings is 2. The van der Waals surface area contributed by atoms with Gasteiger partial charge in [-0.25, -0.2) is 4.79 Å². The highest BCUT2D eigenvalue weighted by Gasteiger charge is 2.22. The van der Waals surface area contributed by atoms with Crippen LogP contribution >= 0.6 is 0 Å². The third kappa shape index (κ3) is 5.28. The van der Waals surface area contributed by atoms with Gasteiger partial charge in [-0.05, 0) is 49.2 Å². The summed E-state index contributed by atoms with van der Waals surface area (Å²) < 4.78 is 0. The zero-order valence-corrected chi connectivity index (χ0v) is 17.7. The van der Waals surface area contributed by atoms with Gasteiger partial charge in [-0.1, -0.05) is 32.0 Å². The first-order chi connectivity index (χ1) is 13.8. The number of carbonyl (C=O) groups excluding carboxylic acids is 2. The Hall–Kier alpha value is -3.02. The van der Waals surface area contributed by atoms with Crippen molar-refractivity contribution in [3.05, 3.63) is 53.6 Å². The summed E-state index contributed by atoms with van der Waals surface area (Å²) in [7, 11) is 0. The summed E-state index contributed by atoms with van der Waals surface area (Å²) in [6.45, 7) is 10.7. The van der Waals surface area contributed by atoms with Crippen molar-refractivity contribution in [1.29, 1.82) is 0 Å². The Kier molecular flexibility index (Phi) is 6.42. The van der Waals surface area contributed by atoms with Crippen LogP contribution in [-0.4, -0.2) is 43.0 Å². The van der Waals surface area contributed by atoms with Gasteiger partial charge in [0, 0.05) is 49.2 Å². The summed E-state index contributed by atoms with van der Waals surface area (Å²) >= 11 is 0. The van der Waals surface area contributed by atoms with E-state index < -0.39 is 0 Å². The van der Waals surface area contributed by atoms with E-state index in [2.05, 4.69) is 46.7 Å². The van der Waals surface area contributed by atoms with Crippen LogP contribution in [0.2, 0.25) is 0 Å². The summed E-state index contributed by atoms with van der Waals surface area (Å²) in [5.74, 6) is -0.141. The molecule has 154 valence electrons. The highest BCUT2D eigenvalue weighted by atomic mass is 16.2. The number of aryl methyl sites for hydroxylation is 2. The van der Waals surface area contributed by atoms with Crippen molar-refractivity contribution in [3.8, 4) is 0 Å². The van der Waals surface area contributed by atoms with Crippen LogP contribution in [0.25, 0.3) is 0 Å². The summed E-state index contributed by atoms with van der Waals surface area (Å²) in [5.41, 5.74) is 4.81. The minimum absolute atomic E-state index is 0.0431. The normalized spacial score (nSPS) is 14.1. The van der Waals surface area contributed by atoms with Crippen molar-refractivity contribution >= 4 is 29.0 Å². The Morgan fingerprint density at radius 1 is 0.931 bits per heavy atom. The molecule has 2 N–H and O–H groups in total. The fourth-order valence-corrected chi connectivity index (χ4v) is 3.31. The van der Waals surface area contributed by atoms with Crippen LogP contribution in [0, 0.1) is 19.8 Å². The van der Waals surface area contributed by atoms with E-state index >= 15 is 0 Å². The molecule has 1 aliphatic heterocycles. The molecule has 1 fully saturated rings. The molecule has 2 aromatic rings. The SMILES string of the molecule is Cc1cccc(N2CCN(C(=O)Nc3cc(NC(=O)C(C)C)ccc3C)CC2)c1. The zero-order valence-electron chi connectivity index (χ0n) is 17.7. The fraction of sp³-hybridized carbons (Fsp3) is 0.391. The number of piperazine rings is 1. The van der Waals surface area contributed by atoms with Gasteiger partial charge in [0.15, 0.2) is 0 Å². The van der Waals surface area contributed by atoms with E-state index in [1.54, 1.807) is 0 Å². The van der Waals surface area contributed by atoms with E-state index in [1.807, 2.05) is 43.9 Å². The van der Waals surface area contributed by atoms with Crippen LogP contribution in [0.3, 0.4) is 0 Å². The molecule has 0 spiro atoms. The van der Waals surface area contributed by atoms with Crippen LogP contribution < -0.4 is 15.5 Å². The van der Waals surface area contributed by atoms with E-state index in [-0.39, 0.29) is 17.9 Å². The minimum Gasteiger partial charge on any atom is -0.368 e. The first-order valence-electron chi connectivity index (χ1n) is 10.1. The summed E-state index contributed by atoms with van der Waals surface area (Å²) in [6, 6.07) is 13.9. The predicted molar refractivity (Wildman–Crippen MR) is 119 cm³/mol. The van der Waals surface area contributed by atoms with Crippen LogP contribution in [0.15, 0.2) is 42.5 Å². The number of hydrogen-bond donors (Lipinski definition) is 2. The lowest BCUT2D eigenvalue weighted by atomic mass is 10.1. The van der Waals surface area contributed by atoms with E-state index in [0.29, 0.717) is 18.8 Å². The van der Waals surface area contributed by atoms with Gasteiger partial charge in [0.25, 0.3) is 0 Å². The molecule has 6 heteroatoms. The van der Waals surface area contributed by atoms with Crippen molar-refractivity contribution < 1.29 is 9.59 Å². The average Bonchev–Trinajstić information content (AvgIpc) is 2.70. The highest BCUT2D eigenvalue weighted by Crippen LogP contribution is 2.22. The molecule has 1 aliphatic rings. The molecular weight excluding hydrogens is 364 g/mol. The molecule has 0 atom stereocenters. The van der Waals surface area contributed by atoms with Crippen molar-refractivity contribution in [2.75, 3.05) is 41.7 Å². The topological polar surface area (TPSA) is 64.7 Å². The maximum Gasteiger partial charge on any atom is 0.321 e. The molecule has 0 unspecified atom stereocenters. The van der Waals surface area contributed by atoms with Crippen molar-refractivity contribution in [2.45, 2.75) is 27.7 Å². The number of carbonyl (C=O) groups is 2. The highest BCUT2D eigenvalue weighted by molar-refractivity contribution is 5.95. The smallest absolute Gasteiger partial charge is 0.321 e. The van der Waals surface area contributed by atoms with E-state index in [0.717, 1.165) is 24.3 Å². The monoisotopic (exact) mass is 394 g/mol. The number of amides is 3. The molecule has 2 aromatic carbocycles. The molecule has 6 nitrogen and oxygen atoms in total. The molecule has 0 aliphatic carbocycles. The zero-order chi connectivity index (χ0) is 21.0. The average molecular weight is 395 g/mol. The number of hydrogen-bond acceptors (Lipinski definition) is 3. The van der Waals surface area contributed by atoms with E-state index in [9.17, 15) is 9.59 Å². The van der Waals surface area contributed by atoms with Crippen LogP contribution in [0.1, 0.15) is 25.0 Å². The molecule has 1 heterocycles. The molecule has 0 saturated carbocycles. The number of nitrogens with zero attached hydrogens (tertiary/aromatic N) is 2. The number of nitrogens with one attached hydrogen (secondary N) is 2.